The largest absolute Gasteiger partial charge is 0.497 e. The van der Waals surface area contributed by atoms with Gasteiger partial charge in [-0.1, -0.05) is 0 Å². The Hall–Kier alpha value is -3.16. The van der Waals surface area contributed by atoms with Gasteiger partial charge in [0.1, 0.15) is 16.9 Å². The van der Waals surface area contributed by atoms with Crippen molar-refractivity contribution in [2.75, 3.05) is 7.11 Å². The van der Waals surface area contributed by atoms with Crippen LogP contribution in [0.3, 0.4) is 0 Å². The van der Waals surface area contributed by atoms with Crippen LogP contribution in [0.25, 0.3) is 11.0 Å². The Morgan fingerprint density at radius 3 is 2.61 bits per heavy atom. The zero-order chi connectivity index (χ0) is 17.0. The van der Waals surface area contributed by atoms with Crippen molar-refractivity contribution in [3.8, 4) is 5.75 Å². The van der Waals surface area contributed by atoms with Crippen LogP contribution in [0.2, 0.25) is 0 Å². The molecule has 1 aromatic heterocycles. The number of ether oxygens (including phenoxy) is 1. The first kappa shape index (κ1) is 16.2. The highest BCUT2D eigenvalue weighted by atomic mass is 16.5. The van der Waals surface area contributed by atoms with Crippen molar-refractivity contribution in [1.82, 2.24) is 5.32 Å². The molecule has 0 unspecified atom stereocenters. The molecule has 1 aromatic carbocycles. The van der Waals surface area contributed by atoms with E-state index in [1.165, 1.54) is 19.2 Å². The van der Waals surface area contributed by atoms with E-state index in [4.69, 9.17) is 14.3 Å². The predicted molar refractivity (Wildman–Crippen MR) is 78.4 cm³/mol. The average molecular weight is 319 g/mol. The maximum absolute atomic E-state index is 11.9. The van der Waals surface area contributed by atoms with Gasteiger partial charge in [0.05, 0.1) is 13.5 Å². The molecule has 0 atom stereocenters. The van der Waals surface area contributed by atoms with Gasteiger partial charge in [-0.2, -0.15) is 0 Å². The van der Waals surface area contributed by atoms with Gasteiger partial charge >= 0.3 is 11.6 Å². The SMILES string of the molecule is COc1ccc2cc(C(=O)NC(=O)CCC(=O)O)c(=O)oc2c1. The first-order valence-corrected chi connectivity index (χ1v) is 6.58. The van der Waals surface area contributed by atoms with E-state index in [-0.39, 0.29) is 17.6 Å². The van der Waals surface area contributed by atoms with Crippen molar-refractivity contribution in [2.24, 2.45) is 0 Å². The molecular formula is C15H13NO7. The molecule has 0 radical (unpaired) electrons. The van der Waals surface area contributed by atoms with Crippen molar-refractivity contribution in [3.05, 3.63) is 40.2 Å². The summed E-state index contributed by atoms with van der Waals surface area (Å²) in [6, 6.07) is 6.01. The van der Waals surface area contributed by atoms with Gasteiger partial charge in [-0.05, 0) is 18.2 Å². The minimum absolute atomic E-state index is 0.239. The maximum atomic E-state index is 11.9. The molecule has 8 nitrogen and oxygen atoms in total. The van der Waals surface area contributed by atoms with Gasteiger partial charge in [-0.3, -0.25) is 19.7 Å². The molecule has 0 fully saturated rings. The molecule has 0 aliphatic rings. The Balaban J connectivity index is 2.23. The molecule has 23 heavy (non-hydrogen) atoms. The van der Waals surface area contributed by atoms with Crippen LogP contribution >= 0.6 is 0 Å². The summed E-state index contributed by atoms with van der Waals surface area (Å²) < 4.78 is 10.0. The number of carboxylic acids is 1. The number of fused-ring (bicyclic) bond motifs is 1. The fourth-order valence-corrected chi connectivity index (χ4v) is 1.85. The number of hydrogen-bond donors (Lipinski definition) is 2. The third-order valence-electron chi connectivity index (χ3n) is 3.01. The minimum atomic E-state index is -1.16. The van der Waals surface area contributed by atoms with E-state index in [2.05, 4.69) is 0 Å². The zero-order valence-electron chi connectivity index (χ0n) is 12.1. The van der Waals surface area contributed by atoms with Crippen molar-refractivity contribution in [3.63, 3.8) is 0 Å². The van der Waals surface area contributed by atoms with Crippen molar-refractivity contribution < 1.29 is 28.6 Å². The molecule has 2 amide bonds. The number of benzene rings is 1. The zero-order valence-corrected chi connectivity index (χ0v) is 12.1. The van der Waals surface area contributed by atoms with Gasteiger partial charge in [0.15, 0.2) is 0 Å². The molecular weight excluding hydrogens is 306 g/mol. The number of carbonyl (C=O) groups is 3. The number of aliphatic carboxylic acids is 1. The summed E-state index contributed by atoms with van der Waals surface area (Å²) in [5, 5.41) is 10.9. The van der Waals surface area contributed by atoms with Gasteiger partial charge < -0.3 is 14.3 Å². The molecule has 120 valence electrons. The summed E-state index contributed by atoms with van der Waals surface area (Å²) in [6.07, 6.45) is -0.775. The number of rotatable bonds is 5. The molecule has 2 aromatic rings. The fourth-order valence-electron chi connectivity index (χ4n) is 1.85. The highest BCUT2D eigenvalue weighted by Crippen LogP contribution is 2.20. The van der Waals surface area contributed by atoms with Crippen LogP contribution < -0.4 is 15.7 Å². The number of hydrogen-bond acceptors (Lipinski definition) is 6. The first-order chi connectivity index (χ1) is 10.9. The summed E-state index contributed by atoms with van der Waals surface area (Å²) in [5.74, 6) is -2.40. The maximum Gasteiger partial charge on any atom is 0.349 e. The number of carbonyl (C=O) groups excluding carboxylic acids is 2. The van der Waals surface area contributed by atoms with Crippen LogP contribution in [0.5, 0.6) is 5.75 Å². The second kappa shape index (κ2) is 6.73. The Bertz CT molecular complexity index is 837. The van der Waals surface area contributed by atoms with E-state index in [1.807, 2.05) is 5.32 Å². The average Bonchev–Trinajstić information content (AvgIpc) is 2.51. The highest BCUT2D eigenvalue weighted by molar-refractivity contribution is 6.05. The number of nitrogens with one attached hydrogen (secondary N) is 1. The van der Waals surface area contributed by atoms with E-state index in [0.717, 1.165) is 0 Å². The van der Waals surface area contributed by atoms with Gasteiger partial charge in [0, 0.05) is 17.9 Å². The minimum Gasteiger partial charge on any atom is -0.497 e. The lowest BCUT2D eigenvalue weighted by atomic mass is 10.1. The number of carboxylic acid groups (broad SMARTS) is 1. The van der Waals surface area contributed by atoms with Gasteiger partial charge in [0.25, 0.3) is 5.91 Å². The van der Waals surface area contributed by atoms with Gasteiger partial charge in [-0.15, -0.1) is 0 Å². The predicted octanol–water partition coefficient (Wildman–Crippen LogP) is 0.923. The van der Waals surface area contributed by atoms with Crippen LogP contribution in [0.15, 0.2) is 33.5 Å². The second-order valence-electron chi connectivity index (χ2n) is 4.62. The van der Waals surface area contributed by atoms with E-state index < -0.39 is 29.8 Å². The fraction of sp³-hybridized carbons (Fsp3) is 0.200. The molecule has 0 aliphatic carbocycles. The lowest BCUT2D eigenvalue weighted by Gasteiger charge is -2.05. The van der Waals surface area contributed by atoms with E-state index >= 15 is 0 Å². The van der Waals surface area contributed by atoms with Crippen LogP contribution in [0.1, 0.15) is 23.2 Å². The highest BCUT2D eigenvalue weighted by Gasteiger charge is 2.17. The molecule has 0 aliphatic heterocycles. The second-order valence-corrected chi connectivity index (χ2v) is 4.62. The molecule has 0 saturated heterocycles. The summed E-state index contributed by atoms with van der Waals surface area (Å²) in [7, 11) is 1.46. The first-order valence-electron chi connectivity index (χ1n) is 6.58. The monoisotopic (exact) mass is 319 g/mol. The van der Waals surface area contributed by atoms with Crippen LogP contribution in [-0.2, 0) is 9.59 Å². The topological polar surface area (TPSA) is 123 Å². The Morgan fingerprint density at radius 1 is 1.22 bits per heavy atom. The smallest absolute Gasteiger partial charge is 0.349 e. The summed E-state index contributed by atoms with van der Waals surface area (Å²) in [6.45, 7) is 0. The third kappa shape index (κ3) is 3.94. The molecule has 0 spiro atoms. The van der Waals surface area contributed by atoms with E-state index in [9.17, 15) is 19.2 Å². The third-order valence-corrected chi connectivity index (χ3v) is 3.01. The summed E-state index contributed by atoms with van der Waals surface area (Å²) >= 11 is 0. The van der Waals surface area contributed by atoms with Gasteiger partial charge in [0.2, 0.25) is 5.91 Å². The lowest BCUT2D eigenvalue weighted by Crippen LogP contribution is -2.33. The Morgan fingerprint density at radius 2 is 1.96 bits per heavy atom. The van der Waals surface area contributed by atoms with Crippen molar-refractivity contribution in [2.45, 2.75) is 12.8 Å². The molecule has 0 saturated carbocycles. The number of amides is 2. The van der Waals surface area contributed by atoms with Crippen LogP contribution in [-0.4, -0.2) is 30.0 Å². The van der Waals surface area contributed by atoms with Crippen molar-refractivity contribution in [1.29, 1.82) is 0 Å². The van der Waals surface area contributed by atoms with Gasteiger partial charge in [-0.25, -0.2) is 4.79 Å². The number of imide groups is 1. The summed E-state index contributed by atoms with van der Waals surface area (Å²) in [4.78, 5) is 45.6. The molecule has 2 rings (SSSR count). The summed E-state index contributed by atoms with van der Waals surface area (Å²) in [5.41, 5.74) is -1.01. The molecule has 8 heteroatoms. The van der Waals surface area contributed by atoms with Crippen molar-refractivity contribution >= 4 is 28.8 Å². The lowest BCUT2D eigenvalue weighted by molar-refractivity contribution is -0.138. The molecule has 2 N–H and O–H groups in total. The van der Waals surface area contributed by atoms with Crippen LogP contribution in [0.4, 0.5) is 0 Å². The van der Waals surface area contributed by atoms with Crippen LogP contribution in [0, 0.1) is 0 Å². The Labute approximate surface area is 129 Å². The number of methoxy groups -OCH3 is 1. The molecule has 1 heterocycles. The van der Waals surface area contributed by atoms with E-state index in [1.54, 1.807) is 12.1 Å². The molecule has 0 bridgehead atoms. The quantitative estimate of drug-likeness (QED) is 0.785. The van der Waals surface area contributed by atoms with E-state index in [0.29, 0.717) is 11.1 Å². The Kier molecular flexibility index (Phi) is 4.75. The standard InChI is InChI=1S/C15H13NO7/c1-22-9-3-2-8-6-10(15(21)23-11(8)7-9)14(20)16-12(17)4-5-13(18)19/h2-3,6-7H,4-5H2,1H3,(H,18,19)(H,16,17,20). The normalized spacial score (nSPS) is 10.3.